The van der Waals surface area contributed by atoms with E-state index in [0.717, 1.165) is 12.1 Å². The molecule has 104 valence electrons. The van der Waals surface area contributed by atoms with Crippen molar-refractivity contribution < 1.29 is 27.7 Å². The zero-order valence-electron chi connectivity index (χ0n) is 9.98. The van der Waals surface area contributed by atoms with Gasteiger partial charge in [-0.25, -0.2) is 0 Å². The third kappa shape index (κ3) is 4.92. The lowest BCUT2D eigenvalue weighted by atomic mass is 9.76. The van der Waals surface area contributed by atoms with Crippen molar-refractivity contribution in [3.05, 3.63) is 35.4 Å². The Labute approximate surface area is 108 Å². The van der Waals surface area contributed by atoms with Crippen LogP contribution in [0.2, 0.25) is 5.82 Å². The molecule has 1 atom stereocenters. The van der Waals surface area contributed by atoms with Crippen LogP contribution in [0.3, 0.4) is 0 Å². The van der Waals surface area contributed by atoms with E-state index in [1.54, 1.807) is 0 Å². The predicted octanol–water partition coefficient (Wildman–Crippen LogP) is 1.41. The van der Waals surface area contributed by atoms with Gasteiger partial charge in [0.1, 0.15) is 0 Å². The van der Waals surface area contributed by atoms with E-state index < -0.39 is 23.5 Å². The first-order valence-electron chi connectivity index (χ1n) is 5.51. The van der Waals surface area contributed by atoms with Crippen LogP contribution in [-0.4, -0.2) is 25.3 Å². The molecule has 0 heterocycles. The summed E-state index contributed by atoms with van der Waals surface area (Å²) in [6.07, 6.45) is -4.30. The normalized spacial score (nSPS) is 13.1. The van der Waals surface area contributed by atoms with Crippen LogP contribution >= 0.6 is 0 Å². The van der Waals surface area contributed by atoms with Crippen molar-refractivity contribution in [2.75, 3.05) is 6.73 Å². The van der Waals surface area contributed by atoms with Crippen LogP contribution < -0.4 is 5.73 Å². The van der Waals surface area contributed by atoms with Crippen LogP contribution in [0.25, 0.3) is 0 Å². The molecule has 0 amide bonds. The van der Waals surface area contributed by atoms with E-state index in [1.165, 1.54) is 12.1 Å². The van der Waals surface area contributed by atoms with Crippen LogP contribution in [-0.2, 0) is 22.0 Å². The molecule has 0 saturated carbocycles. The van der Waals surface area contributed by atoms with E-state index in [1.807, 2.05) is 0 Å². The summed E-state index contributed by atoms with van der Waals surface area (Å²) in [5, 5.41) is 8.94. The Bertz CT molecular complexity index is 422. The average molecular weight is 275 g/mol. The number of benzene rings is 1. The van der Waals surface area contributed by atoms with Gasteiger partial charge in [0.2, 0.25) is 0 Å². The monoisotopic (exact) mass is 275 g/mol. The summed E-state index contributed by atoms with van der Waals surface area (Å²) in [5.41, 5.74) is 4.84. The summed E-state index contributed by atoms with van der Waals surface area (Å²) in [6.45, 7) is -0.100. The molecule has 0 fully saturated rings. The number of aliphatic carboxylic acids is 1. The fourth-order valence-corrected chi connectivity index (χ4v) is 1.54. The van der Waals surface area contributed by atoms with Gasteiger partial charge >= 0.3 is 12.1 Å². The molecule has 19 heavy (non-hydrogen) atoms. The van der Waals surface area contributed by atoms with Gasteiger partial charge in [0.25, 0.3) is 7.48 Å². The van der Waals surface area contributed by atoms with Gasteiger partial charge in [0.05, 0.1) is 18.1 Å². The van der Waals surface area contributed by atoms with E-state index in [9.17, 15) is 18.0 Å². The van der Waals surface area contributed by atoms with E-state index in [2.05, 4.69) is 0 Å². The smallest absolute Gasteiger partial charge is 0.416 e. The summed E-state index contributed by atoms with van der Waals surface area (Å²) >= 11 is 0. The lowest BCUT2D eigenvalue weighted by Gasteiger charge is -2.12. The van der Waals surface area contributed by atoms with Crippen molar-refractivity contribution in [2.24, 2.45) is 5.73 Å². The predicted molar refractivity (Wildman–Crippen MR) is 63.8 cm³/mol. The number of hydrogen-bond donors (Lipinski definition) is 2. The number of carbonyl (C=O) groups is 1. The maximum absolute atomic E-state index is 12.3. The van der Waals surface area contributed by atoms with Crippen molar-refractivity contribution >= 4 is 13.5 Å². The molecule has 0 saturated heterocycles. The van der Waals surface area contributed by atoms with Gasteiger partial charge in [-0.05, 0) is 24.1 Å². The third-order valence-electron chi connectivity index (χ3n) is 2.55. The van der Waals surface area contributed by atoms with Gasteiger partial charge in [0, 0.05) is 0 Å². The lowest BCUT2D eigenvalue weighted by Crippen LogP contribution is -2.22. The topological polar surface area (TPSA) is 72.5 Å². The Kier molecular flexibility index (Phi) is 5.37. The van der Waals surface area contributed by atoms with Gasteiger partial charge in [-0.3, -0.25) is 4.79 Å². The zero-order valence-corrected chi connectivity index (χ0v) is 9.98. The van der Waals surface area contributed by atoms with Crippen LogP contribution in [0.1, 0.15) is 11.1 Å². The number of rotatable bonds is 6. The molecule has 0 bridgehead atoms. The zero-order chi connectivity index (χ0) is 14.5. The van der Waals surface area contributed by atoms with Crippen LogP contribution in [0.4, 0.5) is 13.2 Å². The van der Waals surface area contributed by atoms with Crippen molar-refractivity contribution in [3.63, 3.8) is 0 Å². The second-order valence-corrected chi connectivity index (χ2v) is 3.97. The summed E-state index contributed by atoms with van der Waals surface area (Å²) in [7, 11) is -0.0765. The molecule has 0 radical (unpaired) electrons. The average Bonchev–Trinajstić information content (AvgIpc) is 2.33. The lowest BCUT2D eigenvalue weighted by molar-refractivity contribution is -0.138. The largest absolute Gasteiger partial charge is 0.481 e. The fourth-order valence-electron chi connectivity index (χ4n) is 1.54. The molecule has 0 aliphatic rings. The number of hydrogen-bond acceptors (Lipinski definition) is 3. The Morgan fingerprint density at radius 2 is 1.95 bits per heavy atom. The number of nitrogens with two attached hydrogens (primary N) is 1. The Hall–Kier alpha value is -1.54. The first kappa shape index (κ1) is 15.5. The molecular weight excluding hydrogens is 262 g/mol. The highest BCUT2D eigenvalue weighted by Gasteiger charge is 2.30. The molecule has 0 aliphatic carbocycles. The second kappa shape index (κ2) is 6.58. The van der Waals surface area contributed by atoms with Gasteiger partial charge in [0.15, 0.2) is 0 Å². The Morgan fingerprint density at radius 3 is 2.37 bits per heavy atom. The first-order chi connectivity index (χ1) is 8.84. The fraction of sp³-hybridized carbons (Fsp3) is 0.364. The van der Waals surface area contributed by atoms with E-state index in [-0.39, 0.29) is 20.6 Å². The summed E-state index contributed by atoms with van der Waals surface area (Å²) < 4.78 is 41.9. The molecule has 0 unspecified atom stereocenters. The van der Waals surface area contributed by atoms with Gasteiger partial charge in [-0.1, -0.05) is 12.1 Å². The van der Waals surface area contributed by atoms with Crippen LogP contribution in [0, 0.1) is 0 Å². The van der Waals surface area contributed by atoms with Crippen LogP contribution in [0.5, 0.6) is 0 Å². The van der Waals surface area contributed by atoms with E-state index in [4.69, 9.17) is 15.5 Å². The molecule has 0 spiro atoms. The van der Waals surface area contributed by atoms with Gasteiger partial charge < -0.3 is 15.5 Å². The maximum Gasteiger partial charge on any atom is 0.416 e. The molecule has 4 nitrogen and oxygen atoms in total. The van der Waals surface area contributed by atoms with Crippen molar-refractivity contribution in [1.29, 1.82) is 0 Å². The number of halogens is 3. The molecule has 1 aromatic rings. The quantitative estimate of drug-likeness (QED) is 0.608. The standard InChI is InChI=1S/C11H13BF3NO3/c13-11(14,15)8-3-1-7(2-4-8)5-9(10(17)18)12-19-6-16/h1-4,9,12H,5-6,16H2,(H,17,18)/t9-/m1/s1. The minimum absolute atomic E-state index is 0.0765. The van der Waals surface area contributed by atoms with Gasteiger partial charge in [-0.2, -0.15) is 13.2 Å². The molecule has 3 N–H and O–H groups in total. The number of carboxylic acids is 1. The Morgan fingerprint density at radius 1 is 1.37 bits per heavy atom. The number of carboxylic acid groups (broad SMARTS) is 1. The minimum atomic E-state index is -4.40. The molecule has 8 heteroatoms. The van der Waals surface area contributed by atoms with E-state index in [0.29, 0.717) is 5.56 Å². The summed E-state index contributed by atoms with van der Waals surface area (Å²) in [5.74, 6) is -1.91. The number of alkyl halides is 3. The molecule has 1 rings (SSSR count). The molecular formula is C11H13BF3NO3. The van der Waals surface area contributed by atoms with Crippen molar-refractivity contribution in [2.45, 2.75) is 18.4 Å². The highest BCUT2D eigenvalue weighted by molar-refractivity contribution is 6.36. The van der Waals surface area contributed by atoms with Gasteiger partial charge in [-0.15, -0.1) is 0 Å². The van der Waals surface area contributed by atoms with Crippen molar-refractivity contribution in [1.82, 2.24) is 0 Å². The van der Waals surface area contributed by atoms with Crippen molar-refractivity contribution in [3.8, 4) is 0 Å². The maximum atomic E-state index is 12.3. The molecule has 1 aromatic carbocycles. The van der Waals surface area contributed by atoms with E-state index >= 15 is 0 Å². The second-order valence-electron chi connectivity index (χ2n) is 3.97. The molecule has 0 aliphatic heterocycles. The summed E-state index contributed by atoms with van der Waals surface area (Å²) in [6, 6.07) is 4.39. The Balaban J connectivity index is 2.72. The third-order valence-corrected chi connectivity index (χ3v) is 2.55. The summed E-state index contributed by atoms with van der Waals surface area (Å²) in [4.78, 5) is 10.9. The SMILES string of the molecule is NCOB[C@H](Cc1ccc(C(F)(F)F)cc1)C(=O)O. The highest BCUT2D eigenvalue weighted by Crippen LogP contribution is 2.29. The minimum Gasteiger partial charge on any atom is -0.481 e. The first-order valence-corrected chi connectivity index (χ1v) is 5.51. The highest BCUT2D eigenvalue weighted by atomic mass is 19.4. The van der Waals surface area contributed by atoms with Crippen LogP contribution in [0.15, 0.2) is 24.3 Å². The molecule has 0 aromatic heterocycles.